The van der Waals surface area contributed by atoms with Crippen LogP contribution in [0.15, 0.2) is 35.1 Å². The van der Waals surface area contributed by atoms with Crippen LogP contribution in [0.25, 0.3) is 21.1 Å². The van der Waals surface area contributed by atoms with E-state index in [9.17, 15) is 9.59 Å². The molecule has 8 nitrogen and oxygen atoms in total. The average Bonchev–Trinajstić information content (AvgIpc) is 3.03. The largest absolute Gasteiger partial charge is 0.493 e. The number of fused-ring (bicyclic) bond motifs is 3. The van der Waals surface area contributed by atoms with Crippen molar-refractivity contribution in [2.75, 3.05) is 19.5 Å². The maximum atomic E-state index is 12.9. The molecule has 0 saturated carbocycles. The number of hydrogen-bond donors (Lipinski definition) is 1. The number of methoxy groups -OCH3 is 2. The molecule has 0 spiro atoms. The lowest BCUT2D eigenvalue weighted by Crippen LogP contribution is -2.24. The molecule has 32 heavy (non-hydrogen) atoms. The van der Waals surface area contributed by atoms with Gasteiger partial charge in [-0.25, -0.2) is 9.97 Å². The van der Waals surface area contributed by atoms with Gasteiger partial charge >= 0.3 is 0 Å². The minimum absolute atomic E-state index is 0.0343. The fraction of sp³-hybridized carbons (Fsp3) is 0.304. The first-order valence-electron chi connectivity index (χ1n) is 10.4. The Kier molecular flexibility index (Phi) is 5.26. The van der Waals surface area contributed by atoms with E-state index in [1.165, 1.54) is 11.3 Å². The van der Waals surface area contributed by atoms with Crippen LogP contribution >= 0.6 is 11.3 Å². The van der Waals surface area contributed by atoms with E-state index in [-0.39, 0.29) is 11.5 Å². The van der Waals surface area contributed by atoms with Crippen molar-refractivity contribution in [2.24, 2.45) is 0 Å². The van der Waals surface area contributed by atoms with Gasteiger partial charge in [-0.3, -0.25) is 19.5 Å². The third-order valence-electron chi connectivity index (χ3n) is 5.69. The van der Waals surface area contributed by atoms with Crippen LogP contribution in [-0.2, 0) is 13.0 Å². The highest BCUT2D eigenvalue weighted by molar-refractivity contribution is 7.22. The number of ether oxygens (including phenoxy) is 2. The van der Waals surface area contributed by atoms with Gasteiger partial charge in [0, 0.05) is 30.7 Å². The second-order valence-corrected chi connectivity index (χ2v) is 8.71. The highest BCUT2D eigenvalue weighted by Gasteiger charge is 2.17. The number of hydrogen-bond acceptors (Lipinski definition) is 7. The van der Waals surface area contributed by atoms with Gasteiger partial charge in [0.2, 0.25) is 0 Å². The summed E-state index contributed by atoms with van der Waals surface area (Å²) in [6.07, 6.45) is 3.87. The standard InChI is InChI=1S/C23H22N4O4S/c1-30-17-11-16-19(12-18(17)31-2)32-23(25-16)26-21(28)13-7-8-14-15(10-13)24-20-6-4-3-5-9-27(20)22(14)29/h7-8,10-12H,3-6,9H2,1-2H3,(H,25,26,28). The topological polar surface area (TPSA) is 95.3 Å². The summed E-state index contributed by atoms with van der Waals surface area (Å²) in [4.78, 5) is 35.0. The van der Waals surface area contributed by atoms with E-state index in [4.69, 9.17) is 14.5 Å². The van der Waals surface area contributed by atoms with E-state index in [1.54, 1.807) is 43.1 Å². The zero-order chi connectivity index (χ0) is 22.2. The van der Waals surface area contributed by atoms with E-state index in [0.717, 1.165) is 36.2 Å². The van der Waals surface area contributed by atoms with E-state index in [0.29, 0.717) is 45.2 Å². The molecule has 5 rings (SSSR count). The number of nitrogens with one attached hydrogen (secondary N) is 1. The smallest absolute Gasteiger partial charge is 0.261 e. The summed E-state index contributed by atoms with van der Waals surface area (Å²) in [5, 5.41) is 3.85. The Morgan fingerprint density at radius 1 is 1.03 bits per heavy atom. The molecule has 1 N–H and O–H groups in total. The summed E-state index contributed by atoms with van der Waals surface area (Å²) in [6, 6.07) is 8.63. The third kappa shape index (κ3) is 3.58. The first-order chi connectivity index (χ1) is 15.6. The van der Waals surface area contributed by atoms with Gasteiger partial charge in [-0.15, -0.1) is 0 Å². The fourth-order valence-electron chi connectivity index (χ4n) is 4.04. The molecule has 0 saturated heterocycles. The number of anilines is 1. The lowest BCUT2D eigenvalue weighted by Gasteiger charge is -2.10. The second kappa shape index (κ2) is 8.23. The van der Waals surface area contributed by atoms with Crippen LogP contribution in [0.4, 0.5) is 5.13 Å². The summed E-state index contributed by atoms with van der Waals surface area (Å²) in [5.74, 6) is 1.68. The number of aromatic nitrogens is 3. The number of carbonyl (C=O) groups is 1. The number of benzene rings is 2. The number of thiazole rings is 1. The molecule has 3 heterocycles. The van der Waals surface area contributed by atoms with E-state index >= 15 is 0 Å². The maximum Gasteiger partial charge on any atom is 0.261 e. The lowest BCUT2D eigenvalue weighted by molar-refractivity contribution is 0.102. The number of carbonyl (C=O) groups excluding carboxylic acids is 1. The zero-order valence-corrected chi connectivity index (χ0v) is 18.6. The van der Waals surface area contributed by atoms with Gasteiger partial charge in [-0.2, -0.15) is 0 Å². The Bertz CT molecular complexity index is 1370. The summed E-state index contributed by atoms with van der Waals surface area (Å²) >= 11 is 1.35. The summed E-state index contributed by atoms with van der Waals surface area (Å²) in [7, 11) is 3.14. The Balaban J connectivity index is 1.46. The van der Waals surface area contributed by atoms with Crippen molar-refractivity contribution in [1.29, 1.82) is 0 Å². The van der Waals surface area contributed by atoms with Crippen molar-refractivity contribution in [3.63, 3.8) is 0 Å². The van der Waals surface area contributed by atoms with Gasteiger partial charge in [-0.05, 0) is 31.0 Å². The highest BCUT2D eigenvalue weighted by Crippen LogP contribution is 2.36. The van der Waals surface area contributed by atoms with Crippen LogP contribution in [0.5, 0.6) is 11.5 Å². The molecular formula is C23H22N4O4S. The molecule has 0 aliphatic carbocycles. The molecule has 9 heteroatoms. The zero-order valence-electron chi connectivity index (χ0n) is 17.8. The van der Waals surface area contributed by atoms with Gasteiger partial charge in [0.15, 0.2) is 16.6 Å². The summed E-state index contributed by atoms with van der Waals surface area (Å²) < 4.78 is 13.3. The van der Waals surface area contributed by atoms with Gasteiger partial charge < -0.3 is 9.47 Å². The molecule has 0 radical (unpaired) electrons. The molecule has 4 aromatic rings. The van der Waals surface area contributed by atoms with Crippen molar-refractivity contribution in [2.45, 2.75) is 32.2 Å². The van der Waals surface area contributed by atoms with Crippen LogP contribution in [0, 0.1) is 0 Å². The van der Waals surface area contributed by atoms with Gasteiger partial charge in [0.25, 0.3) is 11.5 Å². The molecule has 2 aromatic heterocycles. The van der Waals surface area contributed by atoms with E-state index < -0.39 is 0 Å². The molecule has 0 atom stereocenters. The normalized spacial score (nSPS) is 13.6. The van der Waals surface area contributed by atoms with Crippen LogP contribution in [0.2, 0.25) is 0 Å². The lowest BCUT2D eigenvalue weighted by atomic mass is 10.1. The molecule has 0 bridgehead atoms. The SMILES string of the molecule is COc1cc2nc(NC(=O)c3ccc4c(=O)n5c(nc4c3)CCCCC5)sc2cc1OC. The Hall–Kier alpha value is -3.46. The van der Waals surface area contributed by atoms with Gasteiger partial charge in [-0.1, -0.05) is 17.8 Å². The predicted octanol–water partition coefficient (Wildman–Crippen LogP) is 4.00. The molecular weight excluding hydrogens is 428 g/mol. The number of aryl methyl sites for hydroxylation is 1. The molecule has 164 valence electrons. The summed E-state index contributed by atoms with van der Waals surface area (Å²) in [5.41, 5.74) is 1.65. The van der Waals surface area contributed by atoms with Crippen molar-refractivity contribution in [1.82, 2.24) is 14.5 Å². The third-order valence-corrected chi connectivity index (χ3v) is 6.63. The molecule has 0 unspecified atom stereocenters. The van der Waals surface area contributed by atoms with E-state index in [2.05, 4.69) is 10.3 Å². The van der Waals surface area contributed by atoms with Crippen LogP contribution in [-0.4, -0.2) is 34.7 Å². The highest BCUT2D eigenvalue weighted by atomic mass is 32.1. The molecule has 1 aliphatic rings. The minimum Gasteiger partial charge on any atom is -0.493 e. The Morgan fingerprint density at radius 2 is 1.84 bits per heavy atom. The van der Waals surface area contributed by atoms with Crippen molar-refractivity contribution >= 4 is 43.5 Å². The molecule has 0 fully saturated rings. The molecule has 2 aromatic carbocycles. The minimum atomic E-state index is -0.304. The van der Waals surface area contributed by atoms with Gasteiger partial charge in [0.1, 0.15) is 5.82 Å². The predicted molar refractivity (Wildman–Crippen MR) is 124 cm³/mol. The Morgan fingerprint density at radius 3 is 2.66 bits per heavy atom. The first kappa shape index (κ1) is 20.4. The van der Waals surface area contributed by atoms with Crippen LogP contribution in [0.3, 0.4) is 0 Å². The van der Waals surface area contributed by atoms with E-state index in [1.807, 2.05) is 6.07 Å². The van der Waals surface area contributed by atoms with Crippen molar-refractivity contribution in [3.05, 3.63) is 52.1 Å². The van der Waals surface area contributed by atoms with Crippen LogP contribution in [0.1, 0.15) is 35.4 Å². The summed E-state index contributed by atoms with van der Waals surface area (Å²) in [6.45, 7) is 0.701. The van der Waals surface area contributed by atoms with Crippen molar-refractivity contribution < 1.29 is 14.3 Å². The second-order valence-electron chi connectivity index (χ2n) is 7.68. The van der Waals surface area contributed by atoms with Gasteiger partial charge in [0.05, 0.1) is 35.3 Å². The van der Waals surface area contributed by atoms with Crippen LogP contribution < -0.4 is 20.3 Å². The number of amides is 1. The fourth-order valence-corrected chi connectivity index (χ4v) is 4.91. The average molecular weight is 451 g/mol. The quantitative estimate of drug-likeness (QED) is 0.505. The first-order valence-corrected chi connectivity index (χ1v) is 11.3. The number of rotatable bonds is 4. The van der Waals surface area contributed by atoms with Crippen molar-refractivity contribution in [3.8, 4) is 11.5 Å². The molecule has 1 aliphatic heterocycles. The monoisotopic (exact) mass is 450 g/mol. The number of nitrogens with zero attached hydrogens (tertiary/aromatic N) is 3. The maximum absolute atomic E-state index is 12.9. The Labute approximate surface area is 187 Å². The molecule has 1 amide bonds.